The minimum Gasteiger partial charge on any atom is -0.321 e. The standard InChI is InChI=1S/C14H12BrNO/c1-10-7-8-13(12(15)9-10)16-14(17)11-5-3-2-4-6-11/h2-9H,1H3,(H,16,17). The van der Waals surface area contributed by atoms with Crippen molar-refractivity contribution in [2.75, 3.05) is 5.32 Å². The number of rotatable bonds is 2. The zero-order valence-corrected chi connectivity index (χ0v) is 11.0. The lowest BCUT2D eigenvalue weighted by Gasteiger charge is -2.07. The van der Waals surface area contributed by atoms with E-state index in [1.807, 2.05) is 43.3 Å². The Balaban J connectivity index is 2.19. The second kappa shape index (κ2) is 5.15. The Hall–Kier alpha value is -1.61. The average Bonchev–Trinajstić information content (AvgIpc) is 2.34. The van der Waals surface area contributed by atoms with Crippen LogP contribution in [-0.2, 0) is 0 Å². The largest absolute Gasteiger partial charge is 0.321 e. The molecule has 17 heavy (non-hydrogen) atoms. The van der Waals surface area contributed by atoms with Crippen LogP contribution in [0.15, 0.2) is 53.0 Å². The van der Waals surface area contributed by atoms with Crippen molar-refractivity contribution in [3.63, 3.8) is 0 Å². The van der Waals surface area contributed by atoms with Crippen LogP contribution in [0.25, 0.3) is 0 Å². The summed E-state index contributed by atoms with van der Waals surface area (Å²) >= 11 is 3.43. The van der Waals surface area contributed by atoms with Crippen molar-refractivity contribution >= 4 is 27.5 Å². The molecule has 0 aliphatic carbocycles. The van der Waals surface area contributed by atoms with E-state index in [1.54, 1.807) is 12.1 Å². The molecule has 0 bridgehead atoms. The SMILES string of the molecule is Cc1ccc(NC(=O)c2ccccc2)c(Br)c1. The molecule has 0 fully saturated rings. The van der Waals surface area contributed by atoms with Crippen molar-refractivity contribution in [3.8, 4) is 0 Å². The van der Waals surface area contributed by atoms with Crippen molar-refractivity contribution in [1.29, 1.82) is 0 Å². The molecule has 0 spiro atoms. The number of anilines is 1. The average molecular weight is 290 g/mol. The van der Waals surface area contributed by atoms with Crippen LogP contribution in [0.2, 0.25) is 0 Å². The van der Waals surface area contributed by atoms with Crippen molar-refractivity contribution in [1.82, 2.24) is 0 Å². The maximum Gasteiger partial charge on any atom is 0.255 e. The Morgan fingerprint density at radius 1 is 1.12 bits per heavy atom. The van der Waals surface area contributed by atoms with Crippen LogP contribution >= 0.6 is 15.9 Å². The van der Waals surface area contributed by atoms with Gasteiger partial charge in [-0.2, -0.15) is 0 Å². The molecule has 0 atom stereocenters. The van der Waals surface area contributed by atoms with E-state index in [2.05, 4.69) is 21.2 Å². The topological polar surface area (TPSA) is 29.1 Å². The maximum atomic E-state index is 11.9. The number of hydrogen-bond acceptors (Lipinski definition) is 1. The van der Waals surface area contributed by atoms with Crippen molar-refractivity contribution in [2.24, 2.45) is 0 Å². The van der Waals surface area contributed by atoms with E-state index in [1.165, 1.54) is 0 Å². The fourth-order valence-electron chi connectivity index (χ4n) is 1.51. The molecule has 2 aromatic rings. The molecular formula is C14H12BrNO. The summed E-state index contributed by atoms with van der Waals surface area (Å²) in [7, 11) is 0. The zero-order chi connectivity index (χ0) is 12.3. The van der Waals surface area contributed by atoms with Crippen LogP contribution in [0.4, 0.5) is 5.69 Å². The van der Waals surface area contributed by atoms with Crippen LogP contribution in [0, 0.1) is 6.92 Å². The summed E-state index contributed by atoms with van der Waals surface area (Å²) < 4.78 is 0.891. The highest BCUT2D eigenvalue weighted by molar-refractivity contribution is 9.10. The van der Waals surface area contributed by atoms with E-state index in [-0.39, 0.29) is 5.91 Å². The number of nitrogens with one attached hydrogen (secondary N) is 1. The van der Waals surface area contributed by atoms with E-state index >= 15 is 0 Å². The van der Waals surface area contributed by atoms with Gasteiger partial charge in [-0.3, -0.25) is 4.79 Å². The van der Waals surface area contributed by atoms with Crippen LogP contribution in [0.1, 0.15) is 15.9 Å². The minimum atomic E-state index is -0.102. The Morgan fingerprint density at radius 2 is 1.82 bits per heavy atom. The predicted octanol–water partition coefficient (Wildman–Crippen LogP) is 4.01. The van der Waals surface area contributed by atoms with Gasteiger partial charge in [-0.05, 0) is 52.7 Å². The van der Waals surface area contributed by atoms with Gasteiger partial charge in [0.05, 0.1) is 5.69 Å². The van der Waals surface area contributed by atoms with Gasteiger partial charge in [-0.1, -0.05) is 24.3 Å². The summed E-state index contributed by atoms with van der Waals surface area (Å²) in [5.74, 6) is -0.102. The highest BCUT2D eigenvalue weighted by atomic mass is 79.9. The molecule has 2 nitrogen and oxygen atoms in total. The second-order valence-electron chi connectivity index (χ2n) is 3.80. The molecule has 3 heteroatoms. The van der Waals surface area contributed by atoms with Gasteiger partial charge in [0, 0.05) is 10.0 Å². The summed E-state index contributed by atoms with van der Waals surface area (Å²) in [5.41, 5.74) is 2.58. The Bertz CT molecular complexity index is 537. The Kier molecular flexibility index (Phi) is 3.59. The first-order chi connectivity index (χ1) is 8.16. The molecule has 0 aliphatic heterocycles. The van der Waals surface area contributed by atoms with Gasteiger partial charge < -0.3 is 5.32 Å². The molecule has 1 N–H and O–H groups in total. The number of aryl methyl sites for hydroxylation is 1. The molecule has 86 valence electrons. The highest BCUT2D eigenvalue weighted by Gasteiger charge is 2.07. The third-order valence-corrected chi connectivity index (χ3v) is 3.06. The van der Waals surface area contributed by atoms with Crippen molar-refractivity contribution < 1.29 is 4.79 Å². The molecule has 0 aliphatic rings. The number of halogens is 1. The van der Waals surface area contributed by atoms with E-state index in [0.717, 1.165) is 15.7 Å². The van der Waals surface area contributed by atoms with Gasteiger partial charge in [0.15, 0.2) is 0 Å². The highest BCUT2D eigenvalue weighted by Crippen LogP contribution is 2.23. The quantitative estimate of drug-likeness (QED) is 0.889. The first-order valence-electron chi connectivity index (χ1n) is 5.29. The van der Waals surface area contributed by atoms with Crippen molar-refractivity contribution in [3.05, 3.63) is 64.1 Å². The molecule has 0 saturated carbocycles. The number of amides is 1. The minimum absolute atomic E-state index is 0.102. The number of carbonyl (C=O) groups is 1. The molecule has 0 heterocycles. The molecule has 2 rings (SSSR count). The lowest BCUT2D eigenvalue weighted by Crippen LogP contribution is -2.11. The van der Waals surface area contributed by atoms with Crippen LogP contribution < -0.4 is 5.32 Å². The normalized spacial score (nSPS) is 10.0. The summed E-state index contributed by atoms with van der Waals surface area (Å²) in [5, 5.41) is 2.87. The van der Waals surface area contributed by atoms with Gasteiger partial charge >= 0.3 is 0 Å². The molecule has 0 unspecified atom stereocenters. The van der Waals surface area contributed by atoms with Gasteiger partial charge in [-0.15, -0.1) is 0 Å². The van der Waals surface area contributed by atoms with Gasteiger partial charge in [0.25, 0.3) is 5.91 Å². The van der Waals surface area contributed by atoms with Gasteiger partial charge in [-0.25, -0.2) is 0 Å². The molecule has 0 saturated heterocycles. The summed E-state index contributed by atoms with van der Waals surface area (Å²) in [6, 6.07) is 15.0. The smallest absolute Gasteiger partial charge is 0.255 e. The number of carbonyl (C=O) groups excluding carboxylic acids is 1. The number of benzene rings is 2. The van der Waals surface area contributed by atoms with Gasteiger partial charge in [0.2, 0.25) is 0 Å². The first kappa shape index (κ1) is 11.9. The van der Waals surface area contributed by atoms with Gasteiger partial charge in [0.1, 0.15) is 0 Å². The maximum absolute atomic E-state index is 11.9. The molecule has 0 aromatic heterocycles. The third-order valence-electron chi connectivity index (χ3n) is 2.41. The summed E-state index contributed by atoms with van der Waals surface area (Å²) in [6.07, 6.45) is 0. The Morgan fingerprint density at radius 3 is 2.47 bits per heavy atom. The fourth-order valence-corrected chi connectivity index (χ4v) is 2.10. The van der Waals surface area contributed by atoms with Crippen LogP contribution in [-0.4, -0.2) is 5.91 Å². The molecule has 2 aromatic carbocycles. The third kappa shape index (κ3) is 2.94. The lowest BCUT2D eigenvalue weighted by molar-refractivity contribution is 0.102. The molecule has 0 radical (unpaired) electrons. The number of hydrogen-bond donors (Lipinski definition) is 1. The molecule has 1 amide bonds. The lowest BCUT2D eigenvalue weighted by atomic mass is 10.2. The Labute approximate surface area is 109 Å². The first-order valence-corrected chi connectivity index (χ1v) is 6.08. The van der Waals surface area contributed by atoms with E-state index in [0.29, 0.717) is 5.56 Å². The van der Waals surface area contributed by atoms with Crippen LogP contribution in [0.5, 0.6) is 0 Å². The monoisotopic (exact) mass is 289 g/mol. The van der Waals surface area contributed by atoms with E-state index in [9.17, 15) is 4.79 Å². The second-order valence-corrected chi connectivity index (χ2v) is 4.66. The zero-order valence-electron chi connectivity index (χ0n) is 9.41. The van der Waals surface area contributed by atoms with Crippen molar-refractivity contribution in [2.45, 2.75) is 6.92 Å². The fraction of sp³-hybridized carbons (Fsp3) is 0.0714. The summed E-state index contributed by atoms with van der Waals surface area (Å²) in [6.45, 7) is 2.01. The predicted molar refractivity (Wildman–Crippen MR) is 73.3 cm³/mol. The van der Waals surface area contributed by atoms with E-state index in [4.69, 9.17) is 0 Å². The molecular weight excluding hydrogens is 278 g/mol. The summed E-state index contributed by atoms with van der Waals surface area (Å²) in [4.78, 5) is 11.9. The van der Waals surface area contributed by atoms with Crippen LogP contribution in [0.3, 0.4) is 0 Å². The van der Waals surface area contributed by atoms with E-state index < -0.39 is 0 Å².